The quantitative estimate of drug-likeness (QED) is 0.753. The molecule has 80 valence electrons. The number of aliphatic hydroxyl groups is 1. The molecular formula is C8H14N2O2S2. The minimum atomic E-state index is -0.427. The summed E-state index contributed by atoms with van der Waals surface area (Å²) in [6, 6.07) is 0. The number of ether oxygens (including phenoxy) is 1. The van der Waals surface area contributed by atoms with Crippen LogP contribution < -0.4 is 0 Å². The van der Waals surface area contributed by atoms with Gasteiger partial charge >= 0.3 is 0 Å². The first-order chi connectivity index (χ1) is 6.72. The van der Waals surface area contributed by atoms with Crippen LogP contribution in [-0.4, -0.2) is 39.5 Å². The molecule has 0 aliphatic rings. The van der Waals surface area contributed by atoms with Crippen LogP contribution >= 0.6 is 23.3 Å². The van der Waals surface area contributed by atoms with E-state index in [0.717, 1.165) is 10.2 Å². The molecule has 1 rings (SSSR count). The second kappa shape index (κ2) is 6.34. The molecule has 0 aliphatic heterocycles. The average molecular weight is 234 g/mol. The molecule has 0 radical (unpaired) electrons. The molecule has 0 saturated carbocycles. The minimum Gasteiger partial charge on any atom is -0.390 e. The topological polar surface area (TPSA) is 55.2 Å². The van der Waals surface area contributed by atoms with Crippen LogP contribution in [0.5, 0.6) is 0 Å². The van der Waals surface area contributed by atoms with Crippen molar-refractivity contribution in [2.45, 2.75) is 24.3 Å². The lowest BCUT2D eigenvalue weighted by Gasteiger charge is -2.07. The lowest BCUT2D eigenvalue weighted by atomic mass is 10.4. The number of hydrogen-bond acceptors (Lipinski definition) is 6. The van der Waals surface area contributed by atoms with Gasteiger partial charge < -0.3 is 9.84 Å². The van der Waals surface area contributed by atoms with Gasteiger partial charge in [-0.3, -0.25) is 0 Å². The largest absolute Gasteiger partial charge is 0.390 e. The van der Waals surface area contributed by atoms with Crippen LogP contribution in [0.2, 0.25) is 0 Å². The van der Waals surface area contributed by atoms with E-state index in [9.17, 15) is 5.11 Å². The van der Waals surface area contributed by atoms with Crippen LogP contribution in [0.3, 0.4) is 0 Å². The van der Waals surface area contributed by atoms with Gasteiger partial charge in [-0.05, 0) is 25.4 Å². The van der Waals surface area contributed by atoms with Gasteiger partial charge in [-0.25, -0.2) is 4.98 Å². The maximum absolute atomic E-state index is 9.46. The van der Waals surface area contributed by atoms with Crippen LogP contribution in [0.15, 0.2) is 4.34 Å². The fraction of sp³-hybridized carbons (Fsp3) is 0.750. The van der Waals surface area contributed by atoms with E-state index in [1.807, 2.05) is 13.8 Å². The summed E-state index contributed by atoms with van der Waals surface area (Å²) in [5.41, 5.74) is 0. The highest BCUT2D eigenvalue weighted by Crippen LogP contribution is 2.20. The zero-order valence-corrected chi connectivity index (χ0v) is 9.90. The number of aromatic nitrogens is 2. The summed E-state index contributed by atoms with van der Waals surface area (Å²) >= 11 is 2.88. The van der Waals surface area contributed by atoms with Crippen LogP contribution in [-0.2, 0) is 4.74 Å². The smallest absolute Gasteiger partial charge is 0.170 e. The molecule has 0 fully saturated rings. The Hall–Kier alpha value is -0.170. The van der Waals surface area contributed by atoms with Crippen molar-refractivity contribution in [3.8, 4) is 0 Å². The Balaban J connectivity index is 2.20. The number of nitrogens with zero attached hydrogens (tertiary/aromatic N) is 2. The van der Waals surface area contributed by atoms with Gasteiger partial charge in [-0.2, -0.15) is 4.37 Å². The molecule has 4 nitrogen and oxygen atoms in total. The van der Waals surface area contributed by atoms with E-state index >= 15 is 0 Å². The van der Waals surface area contributed by atoms with Crippen LogP contribution in [0.4, 0.5) is 0 Å². The summed E-state index contributed by atoms with van der Waals surface area (Å²) in [6.07, 6.45) is -0.427. The molecule has 0 amide bonds. The Morgan fingerprint density at radius 2 is 2.43 bits per heavy atom. The fourth-order valence-corrected chi connectivity index (χ4v) is 2.38. The van der Waals surface area contributed by atoms with Crippen LogP contribution in [0.1, 0.15) is 12.7 Å². The van der Waals surface area contributed by atoms with E-state index in [-0.39, 0.29) is 0 Å². The summed E-state index contributed by atoms with van der Waals surface area (Å²) in [4.78, 5) is 4.18. The van der Waals surface area contributed by atoms with E-state index in [2.05, 4.69) is 9.36 Å². The first-order valence-corrected chi connectivity index (χ1v) is 6.17. The van der Waals surface area contributed by atoms with E-state index in [4.69, 9.17) is 4.74 Å². The predicted octanol–water partition coefficient (Wildman–Crippen LogP) is 1.34. The second-order valence-corrected chi connectivity index (χ2v) is 4.75. The van der Waals surface area contributed by atoms with Crippen molar-refractivity contribution in [3.05, 3.63) is 5.82 Å². The fourth-order valence-electron chi connectivity index (χ4n) is 0.806. The highest BCUT2D eigenvalue weighted by molar-refractivity contribution is 8.00. The number of rotatable bonds is 6. The summed E-state index contributed by atoms with van der Waals surface area (Å²) in [7, 11) is 0. The maximum atomic E-state index is 9.46. The summed E-state index contributed by atoms with van der Waals surface area (Å²) in [5.74, 6) is 1.39. The Morgan fingerprint density at radius 1 is 1.64 bits per heavy atom. The number of hydrogen-bond donors (Lipinski definition) is 1. The molecule has 1 atom stereocenters. The van der Waals surface area contributed by atoms with Gasteiger partial charge in [0, 0.05) is 12.4 Å². The summed E-state index contributed by atoms with van der Waals surface area (Å²) < 4.78 is 10.0. The molecule has 1 aromatic heterocycles. The van der Waals surface area contributed by atoms with E-state index in [1.54, 1.807) is 0 Å². The maximum Gasteiger partial charge on any atom is 0.170 e. The molecule has 1 N–H and O–H groups in total. The van der Waals surface area contributed by atoms with Crippen molar-refractivity contribution in [3.63, 3.8) is 0 Å². The highest BCUT2D eigenvalue weighted by Gasteiger charge is 2.07. The molecule has 6 heteroatoms. The van der Waals surface area contributed by atoms with Gasteiger partial charge in [0.05, 0.1) is 12.7 Å². The van der Waals surface area contributed by atoms with Gasteiger partial charge in [-0.15, -0.1) is 0 Å². The number of aryl methyl sites for hydroxylation is 1. The van der Waals surface area contributed by atoms with E-state index in [0.29, 0.717) is 19.0 Å². The normalized spacial score (nSPS) is 13.1. The minimum absolute atomic E-state index is 0.390. The molecular weight excluding hydrogens is 220 g/mol. The van der Waals surface area contributed by atoms with Crippen molar-refractivity contribution in [2.75, 3.05) is 19.0 Å². The summed E-state index contributed by atoms with van der Waals surface area (Å²) in [6.45, 7) is 4.80. The predicted molar refractivity (Wildman–Crippen MR) is 57.9 cm³/mol. The Bertz CT molecular complexity index is 268. The van der Waals surface area contributed by atoms with E-state index < -0.39 is 6.10 Å². The zero-order chi connectivity index (χ0) is 10.4. The lowest BCUT2D eigenvalue weighted by Crippen LogP contribution is -2.17. The molecule has 0 bridgehead atoms. The standard InChI is InChI=1S/C8H14N2O2S2/c1-3-12-4-7(11)5-13-8-9-6(2)10-14-8/h7,11H,3-5H2,1-2H3. The monoisotopic (exact) mass is 234 g/mol. The molecule has 1 aromatic rings. The third-order valence-corrected chi connectivity index (χ3v) is 3.49. The van der Waals surface area contributed by atoms with Gasteiger partial charge in [0.1, 0.15) is 5.82 Å². The Morgan fingerprint density at radius 3 is 3.00 bits per heavy atom. The molecule has 1 unspecified atom stereocenters. The second-order valence-electron chi connectivity index (χ2n) is 2.73. The number of thioether (sulfide) groups is 1. The first kappa shape index (κ1) is 11.9. The zero-order valence-electron chi connectivity index (χ0n) is 8.27. The summed E-state index contributed by atoms with van der Waals surface area (Å²) in [5, 5.41) is 9.46. The van der Waals surface area contributed by atoms with Gasteiger partial charge in [-0.1, -0.05) is 11.8 Å². The third-order valence-electron chi connectivity index (χ3n) is 1.42. The van der Waals surface area contributed by atoms with Gasteiger partial charge in [0.15, 0.2) is 4.34 Å². The van der Waals surface area contributed by atoms with Crippen molar-refractivity contribution >= 4 is 23.3 Å². The van der Waals surface area contributed by atoms with Crippen LogP contribution in [0, 0.1) is 6.92 Å². The SMILES string of the molecule is CCOCC(O)CSc1nc(C)ns1. The van der Waals surface area contributed by atoms with Crippen molar-refractivity contribution in [2.24, 2.45) is 0 Å². The van der Waals surface area contributed by atoms with Gasteiger partial charge in [0.2, 0.25) is 0 Å². The molecule has 14 heavy (non-hydrogen) atoms. The average Bonchev–Trinajstić information content (AvgIpc) is 2.58. The van der Waals surface area contributed by atoms with Gasteiger partial charge in [0.25, 0.3) is 0 Å². The molecule has 1 heterocycles. The highest BCUT2D eigenvalue weighted by atomic mass is 32.2. The third kappa shape index (κ3) is 4.36. The number of aliphatic hydroxyl groups excluding tert-OH is 1. The molecule has 0 saturated heterocycles. The Labute approximate surface area is 91.9 Å². The van der Waals surface area contributed by atoms with Crippen molar-refractivity contribution < 1.29 is 9.84 Å². The van der Waals surface area contributed by atoms with Crippen LogP contribution in [0.25, 0.3) is 0 Å². The molecule has 0 spiro atoms. The van der Waals surface area contributed by atoms with Crippen molar-refractivity contribution in [1.82, 2.24) is 9.36 Å². The molecule has 0 aromatic carbocycles. The molecule has 0 aliphatic carbocycles. The van der Waals surface area contributed by atoms with Crippen molar-refractivity contribution in [1.29, 1.82) is 0 Å². The first-order valence-electron chi connectivity index (χ1n) is 4.41. The Kier molecular flexibility index (Phi) is 5.39. The van der Waals surface area contributed by atoms with E-state index in [1.165, 1.54) is 23.3 Å². The lowest BCUT2D eigenvalue weighted by molar-refractivity contribution is 0.0551.